The lowest BCUT2D eigenvalue weighted by atomic mass is 9.99. The van der Waals surface area contributed by atoms with Crippen molar-refractivity contribution in [1.29, 1.82) is 0 Å². The maximum Gasteiger partial charge on any atom is 0.416 e. The summed E-state index contributed by atoms with van der Waals surface area (Å²) in [5, 5.41) is 5.77. The largest absolute Gasteiger partial charge is 0.416 e. The molecule has 1 amide bonds. The molecule has 1 saturated heterocycles. The zero-order valence-electron chi connectivity index (χ0n) is 16.6. The van der Waals surface area contributed by atoms with Gasteiger partial charge < -0.3 is 15.2 Å². The number of rotatable bonds is 5. The van der Waals surface area contributed by atoms with Crippen molar-refractivity contribution in [3.63, 3.8) is 0 Å². The van der Waals surface area contributed by atoms with Crippen molar-refractivity contribution in [2.45, 2.75) is 39.0 Å². The van der Waals surface area contributed by atoms with Crippen LogP contribution >= 0.6 is 12.4 Å². The van der Waals surface area contributed by atoms with Gasteiger partial charge in [-0.1, -0.05) is 18.2 Å². The van der Waals surface area contributed by atoms with Gasteiger partial charge in [-0.3, -0.25) is 9.59 Å². The Kier molecular flexibility index (Phi) is 8.09. The zero-order chi connectivity index (χ0) is 21.0. The van der Waals surface area contributed by atoms with Gasteiger partial charge in [0.2, 0.25) is 0 Å². The van der Waals surface area contributed by atoms with E-state index in [1.54, 1.807) is 19.2 Å². The highest BCUT2D eigenvalue weighted by molar-refractivity contribution is 5.95. The Labute approximate surface area is 179 Å². The molecule has 1 aromatic carbocycles. The third-order valence-electron chi connectivity index (χ3n) is 5.22. The van der Waals surface area contributed by atoms with Crippen LogP contribution in [0.5, 0.6) is 0 Å². The van der Waals surface area contributed by atoms with Crippen LogP contribution in [0, 0.1) is 12.8 Å². The minimum atomic E-state index is -4.51. The second kappa shape index (κ2) is 10.1. The predicted molar refractivity (Wildman–Crippen MR) is 111 cm³/mol. The first kappa shape index (κ1) is 24.0. The Balaban J connectivity index is 0.00000320. The van der Waals surface area contributed by atoms with Crippen LogP contribution in [0.3, 0.4) is 0 Å². The van der Waals surface area contributed by atoms with Crippen LogP contribution in [0.15, 0.2) is 41.3 Å². The SMILES string of the molecule is Cc1ccn(CC2CCCNC2)c(=O)c1C(=O)NCc1ccccc1C(F)(F)F.Cl. The van der Waals surface area contributed by atoms with Crippen LogP contribution < -0.4 is 16.2 Å². The van der Waals surface area contributed by atoms with Crippen molar-refractivity contribution in [3.05, 3.63) is 69.1 Å². The molecule has 164 valence electrons. The summed E-state index contributed by atoms with van der Waals surface area (Å²) in [7, 11) is 0. The summed E-state index contributed by atoms with van der Waals surface area (Å²) in [6.45, 7) is 3.62. The first-order chi connectivity index (χ1) is 13.8. The third kappa shape index (κ3) is 5.64. The lowest BCUT2D eigenvalue weighted by molar-refractivity contribution is -0.138. The maximum absolute atomic E-state index is 13.1. The van der Waals surface area contributed by atoms with Crippen molar-refractivity contribution in [3.8, 4) is 0 Å². The molecular formula is C21H25ClF3N3O2. The summed E-state index contributed by atoms with van der Waals surface area (Å²) in [5.74, 6) is -0.362. The Bertz CT molecular complexity index is 938. The second-order valence-electron chi connectivity index (χ2n) is 7.38. The minimum Gasteiger partial charge on any atom is -0.348 e. The number of pyridine rings is 1. The highest BCUT2D eigenvalue weighted by Crippen LogP contribution is 2.31. The van der Waals surface area contributed by atoms with Crippen LogP contribution in [0.4, 0.5) is 13.2 Å². The highest BCUT2D eigenvalue weighted by atomic mass is 35.5. The molecular weight excluding hydrogens is 419 g/mol. The molecule has 2 N–H and O–H groups in total. The Hall–Kier alpha value is -2.32. The van der Waals surface area contributed by atoms with E-state index in [0.717, 1.165) is 32.0 Å². The van der Waals surface area contributed by atoms with Crippen LogP contribution in [-0.4, -0.2) is 23.6 Å². The topological polar surface area (TPSA) is 63.1 Å². The van der Waals surface area contributed by atoms with E-state index in [1.165, 1.54) is 22.8 Å². The number of halogens is 4. The van der Waals surface area contributed by atoms with Gasteiger partial charge >= 0.3 is 6.18 Å². The van der Waals surface area contributed by atoms with E-state index < -0.39 is 23.2 Å². The standard InChI is InChI=1S/C21H24F3N3O2.ClH/c1-14-8-10-27(13-15-5-4-9-25-11-15)20(29)18(14)19(28)26-12-16-6-2-3-7-17(16)21(22,23)24;/h2-3,6-8,10,15,25H,4-5,9,11-13H2,1H3,(H,26,28);1H. The number of carbonyl (C=O) groups excluding carboxylic acids is 1. The van der Waals surface area contributed by atoms with Crippen LogP contribution in [0.25, 0.3) is 0 Å². The minimum absolute atomic E-state index is 0. The fourth-order valence-electron chi connectivity index (χ4n) is 3.66. The normalized spacial score (nSPS) is 16.6. The Morgan fingerprint density at radius 2 is 2.00 bits per heavy atom. The van der Waals surface area contributed by atoms with E-state index in [1.807, 2.05) is 0 Å². The fourth-order valence-corrected chi connectivity index (χ4v) is 3.66. The Morgan fingerprint density at radius 3 is 2.67 bits per heavy atom. The van der Waals surface area contributed by atoms with E-state index >= 15 is 0 Å². The number of alkyl halides is 3. The lowest BCUT2D eigenvalue weighted by Crippen LogP contribution is -2.38. The molecule has 1 aliphatic rings. The number of hydrogen-bond donors (Lipinski definition) is 2. The summed E-state index contributed by atoms with van der Waals surface area (Å²) >= 11 is 0. The molecule has 1 aliphatic heterocycles. The number of benzene rings is 1. The van der Waals surface area contributed by atoms with Crippen molar-refractivity contribution in [1.82, 2.24) is 15.2 Å². The number of piperidine rings is 1. The van der Waals surface area contributed by atoms with Gasteiger partial charge in [-0.2, -0.15) is 13.2 Å². The molecule has 0 aliphatic carbocycles. The van der Waals surface area contributed by atoms with E-state index in [0.29, 0.717) is 18.0 Å². The van der Waals surface area contributed by atoms with E-state index in [-0.39, 0.29) is 30.1 Å². The van der Waals surface area contributed by atoms with Crippen LogP contribution in [0.2, 0.25) is 0 Å². The molecule has 0 saturated carbocycles. The number of nitrogens with one attached hydrogen (secondary N) is 2. The molecule has 2 heterocycles. The van der Waals surface area contributed by atoms with Gasteiger partial charge in [-0.15, -0.1) is 12.4 Å². The molecule has 1 fully saturated rings. The summed E-state index contributed by atoms with van der Waals surface area (Å²) in [4.78, 5) is 25.5. The van der Waals surface area contributed by atoms with E-state index in [2.05, 4.69) is 10.6 Å². The fraction of sp³-hybridized carbons (Fsp3) is 0.429. The number of aryl methyl sites for hydroxylation is 1. The van der Waals surface area contributed by atoms with Gasteiger partial charge in [0.25, 0.3) is 11.5 Å². The van der Waals surface area contributed by atoms with Crippen molar-refractivity contribution in [2.24, 2.45) is 5.92 Å². The molecule has 1 atom stereocenters. The van der Waals surface area contributed by atoms with Gasteiger partial charge in [-0.05, 0) is 62.0 Å². The first-order valence-corrected chi connectivity index (χ1v) is 9.61. The molecule has 30 heavy (non-hydrogen) atoms. The zero-order valence-corrected chi connectivity index (χ0v) is 17.4. The van der Waals surface area contributed by atoms with Crippen LogP contribution in [-0.2, 0) is 19.3 Å². The third-order valence-corrected chi connectivity index (χ3v) is 5.22. The number of amides is 1. The molecule has 0 bridgehead atoms. The summed E-state index contributed by atoms with van der Waals surface area (Å²) in [6, 6.07) is 6.76. The summed E-state index contributed by atoms with van der Waals surface area (Å²) in [5.41, 5.74) is -0.796. The molecule has 1 unspecified atom stereocenters. The van der Waals surface area contributed by atoms with Gasteiger partial charge in [0.15, 0.2) is 0 Å². The van der Waals surface area contributed by atoms with Gasteiger partial charge in [0.1, 0.15) is 5.56 Å². The molecule has 1 aromatic heterocycles. The molecule has 0 spiro atoms. The number of nitrogens with zero attached hydrogens (tertiary/aromatic N) is 1. The lowest BCUT2D eigenvalue weighted by Gasteiger charge is -2.23. The maximum atomic E-state index is 13.1. The van der Waals surface area contributed by atoms with Crippen molar-refractivity contribution >= 4 is 18.3 Å². The molecule has 9 heteroatoms. The smallest absolute Gasteiger partial charge is 0.348 e. The van der Waals surface area contributed by atoms with Gasteiger partial charge in [0, 0.05) is 19.3 Å². The number of hydrogen-bond acceptors (Lipinski definition) is 3. The van der Waals surface area contributed by atoms with Crippen LogP contribution in [0.1, 0.15) is 39.9 Å². The van der Waals surface area contributed by atoms with Crippen molar-refractivity contribution in [2.75, 3.05) is 13.1 Å². The summed E-state index contributed by atoms with van der Waals surface area (Å²) < 4.78 is 40.9. The molecule has 3 rings (SSSR count). The monoisotopic (exact) mass is 443 g/mol. The van der Waals surface area contributed by atoms with Crippen molar-refractivity contribution < 1.29 is 18.0 Å². The van der Waals surface area contributed by atoms with E-state index in [4.69, 9.17) is 0 Å². The first-order valence-electron chi connectivity index (χ1n) is 9.61. The highest BCUT2D eigenvalue weighted by Gasteiger charge is 2.33. The quantitative estimate of drug-likeness (QED) is 0.743. The molecule has 0 radical (unpaired) electrons. The average Bonchev–Trinajstić information content (AvgIpc) is 2.69. The Morgan fingerprint density at radius 1 is 1.27 bits per heavy atom. The molecule has 2 aromatic rings. The molecule has 5 nitrogen and oxygen atoms in total. The van der Waals surface area contributed by atoms with Gasteiger partial charge in [0.05, 0.1) is 5.56 Å². The summed E-state index contributed by atoms with van der Waals surface area (Å²) in [6.07, 6.45) is -0.799. The average molecular weight is 444 g/mol. The number of carbonyl (C=O) groups is 1. The van der Waals surface area contributed by atoms with Gasteiger partial charge in [-0.25, -0.2) is 0 Å². The predicted octanol–water partition coefficient (Wildman–Crippen LogP) is 3.53. The second-order valence-corrected chi connectivity index (χ2v) is 7.38. The van der Waals surface area contributed by atoms with E-state index in [9.17, 15) is 22.8 Å². The number of aromatic nitrogens is 1.